The van der Waals surface area contributed by atoms with Gasteiger partial charge < -0.3 is 9.47 Å². The standard InChI is InChI=1S/C19H22IN5O4S2/c1-13-10-14(12-21-11-13)18-22-23-19(24(8-9-30-20)31(4,26)27)25(18)17-15(28-2)6-5-7-16(17)29-3/h5-7,10-12H,8-9H2,1-4H3. The van der Waals surface area contributed by atoms with Crippen LogP contribution in [0.4, 0.5) is 5.95 Å². The number of hydrogen-bond acceptors (Lipinski definition) is 8. The molecule has 0 unspecified atom stereocenters. The average molecular weight is 575 g/mol. The fraction of sp³-hybridized carbons (Fsp3) is 0.316. The molecule has 0 aliphatic carbocycles. The number of aryl methyl sites for hydroxylation is 1. The lowest BCUT2D eigenvalue weighted by Crippen LogP contribution is -2.34. The predicted molar refractivity (Wildman–Crippen MR) is 131 cm³/mol. The highest BCUT2D eigenvalue weighted by Gasteiger charge is 2.29. The molecule has 12 heteroatoms. The highest BCUT2D eigenvalue weighted by molar-refractivity contribution is 14.2. The topological polar surface area (TPSA) is 99.4 Å². The molecule has 0 spiro atoms. The highest BCUT2D eigenvalue weighted by atomic mass is 127. The fourth-order valence-corrected chi connectivity index (χ4v) is 4.89. The van der Waals surface area contributed by atoms with Crippen LogP contribution in [0.2, 0.25) is 0 Å². The number of para-hydroxylation sites is 1. The Labute approximate surface area is 197 Å². The lowest BCUT2D eigenvalue weighted by atomic mass is 10.2. The van der Waals surface area contributed by atoms with Crippen LogP contribution in [0.25, 0.3) is 17.1 Å². The number of anilines is 1. The number of ether oxygens (including phenoxy) is 2. The maximum atomic E-state index is 12.7. The van der Waals surface area contributed by atoms with Gasteiger partial charge in [0.1, 0.15) is 17.2 Å². The van der Waals surface area contributed by atoms with Crippen LogP contribution in [0.5, 0.6) is 11.5 Å². The van der Waals surface area contributed by atoms with E-state index in [-0.39, 0.29) is 12.5 Å². The molecule has 166 valence electrons. The molecule has 0 bridgehead atoms. The Morgan fingerprint density at radius 2 is 1.84 bits per heavy atom. The molecule has 31 heavy (non-hydrogen) atoms. The van der Waals surface area contributed by atoms with Crippen LogP contribution < -0.4 is 13.8 Å². The molecule has 0 aliphatic rings. The minimum Gasteiger partial charge on any atom is -0.494 e. The lowest BCUT2D eigenvalue weighted by Gasteiger charge is -2.23. The molecule has 0 aliphatic heterocycles. The van der Waals surface area contributed by atoms with E-state index in [1.165, 1.54) is 27.5 Å². The van der Waals surface area contributed by atoms with Crippen LogP contribution in [0.3, 0.4) is 0 Å². The molecule has 0 N–H and O–H groups in total. The summed E-state index contributed by atoms with van der Waals surface area (Å²) in [7, 11) is 0.947. The van der Waals surface area contributed by atoms with E-state index in [0.29, 0.717) is 34.3 Å². The zero-order valence-electron chi connectivity index (χ0n) is 17.4. The number of rotatable bonds is 9. The van der Waals surface area contributed by atoms with Gasteiger partial charge in [0.15, 0.2) is 5.82 Å². The van der Waals surface area contributed by atoms with Gasteiger partial charge in [-0.2, -0.15) is 0 Å². The van der Waals surface area contributed by atoms with E-state index in [2.05, 4.69) is 36.4 Å². The molecule has 0 amide bonds. The highest BCUT2D eigenvalue weighted by Crippen LogP contribution is 2.38. The number of halogens is 1. The van der Waals surface area contributed by atoms with Crippen LogP contribution in [-0.2, 0) is 10.0 Å². The van der Waals surface area contributed by atoms with Crippen LogP contribution in [0.15, 0.2) is 36.7 Å². The molecule has 2 heterocycles. The summed E-state index contributed by atoms with van der Waals surface area (Å²) in [5.41, 5.74) is 2.12. The Kier molecular flexibility index (Phi) is 7.64. The van der Waals surface area contributed by atoms with Crippen LogP contribution in [0.1, 0.15) is 5.56 Å². The Morgan fingerprint density at radius 3 is 2.39 bits per heavy atom. The summed E-state index contributed by atoms with van der Waals surface area (Å²) >= 11 is 2.13. The van der Waals surface area contributed by atoms with Gasteiger partial charge in [-0.05, 0) is 51.9 Å². The normalized spacial score (nSPS) is 11.4. The zero-order valence-corrected chi connectivity index (χ0v) is 21.2. The van der Waals surface area contributed by atoms with Gasteiger partial charge in [0.25, 0.3) is 0 Å². The smallest absolute Gasteiger partial charge is 0.246 e. The number of pyridine rings is 1. The van der Waals surface area contributed by atoms with Crippen LogP contribution >= 0.6 is 30.1 Å². The van der Waals surface area contributed by atoms with Gasteiger partial charge >= 0.3 is 0 Å². The number of hydrogen-bond donors (Lipinski definition) is 0. The van der Waals surface area contributed by atoms with Gasteiger partial charge in [-0.1, -0.05) is 15.0 Å². The SMILES string of the molecule is COc1cccc(OC)c1-n1c(-c2cncc(C)c2)nnc1N(CCSI)S(C)(=O)=O. The third-order valence-electron chi connectivity index (χ3n) is 4.40. The van der Waals surface area contributed by atoms with E-state index in [1.807, 2.05) is 13.0 Å². The van der Waals surface area contributed by atoms with Crippen molar-refractivity contribution in [3.63, 3.8) is 0 Å². The van der Waals surface area contributed by atoms with Crippen molar-refractivity contribution < 1.29 is 17.9 Å². The molecular weight excluding hydrogens is 553 g/mol. The van der Waals surface area contributed by atoms with Crippen molar-refractivity contribution in [2.75, 3.05) is 37.1 Å². The number of sulfonamides is 1. The molecule has 0 fully saturated rings. The van der Waals surface area contributed by atoms with Crippen molar-refractivity contribution in [3.05, 3.63) is 42.2 Å². The Balaban J connectivity index is 2.38. The number of methoxy groups -OCH3 is 2. The lowest BCUT2D eigenvalue weighted by molar-refractivity contribution is 0.391. The summed E-state index contributed by atoms with van der Waals surface area (Å²) in [6.07, 6.45) is 4.54. The Bertz CT molecular complexity index is 1150. The van der Waals surface area contributed by atoms with Gasteiger partial charge in [-0.3, -0.25) is 9.55 Å². The number of aromatic nitrogens is 4. The van der Waals surface area contributed by atoms with Crippen molar-refractivity contribution in [2.45, 2.75) is 6.92 Å². The fourth-order valence-electron chi connectivity index (χ4n) is 3.09. The van der Waals surface area contributed by atoms with E-state index in [9.17, 15) is 8.42 Å². The van der Waals surface area contributed by atoms with Gasteiger partial charge in [0.2, 0.25) is 16.0 Å². The summed E-state index contributed by atoms with van der Waals surface area (Å²) in [6.45, 7) is 2.15. The molecule has 3 aromatic rings. The zero-order chi connectivity index (χ0) is 22.6. The Morgan fingerprint density at radius 1 is 1.16 bits per heavy atom. The van der Waals surface area contributed by atoms with Crippen LogP contribution in [0, 0.1) is 6.92 Å². The van der Waals surface area contributed by atoms with Gasteiger partial charge in [0.05, 0.1) is 20.5 Å². The minimum absolute atomic E-state index is 0.146. The maximum absolute atomic E-state index is 12.7. The number of benzene rings is 1. The largest absolute Gasteiger partial charge is 0.494 e. The third-order valence-corrected chi connectivity index (χ3v) is 7.20. The maximum Gasteiger partial charge on any atom is 0.246 e. The van der Waals surface area contributed by atoms with Crippen LogP contribution in [-0.4, -0.2) is 60.9 Å². The molecule has 0 saturated heterocycles. The first-order chi connectivity index (χ1) is 14.8. The van der Waals surface area contributed by atoms with Gasteiger partial charge in [0, 0.05) is 30.3 Å². The molecule has 2 aromatic heterocycles. The first kappa shape index (κ1) is 23.6. The molecule has 3 rings (SSSR count). The molecule has 0 saturated carbocycles. The predicted octanol–water partition coefficient (Wildman–Crippen LogP) is 3.50. The first-order valence-corrected chi connectivity index (χ1v) is 14.5. The van der Waals surface area contributed by atoms with Crippen molar-refractivity contribution >= 4 is 46.1 Å². The average Bonchev–Trinajstić information content (AvgIpc) is 3.16. The van der Waals surface area contributed by atoms with E-state index in [0.717, 1.165) is 11.8 Å². The van der Waals surface area contributed by atoms with Crippen molar-refractivity contribution in [3.8, 4) is 28.6 Å². The van der Waals surface area contributed by atoms with E-state index in [4.69, 9.17) is 9.47 Å². The Hall–Kier alpha value is -2.06. The molecule has 1 aromatic carbocycles. The summed E-state index contributed by atoms with van der Waals surface area (Å²) in [4.78, 5) is 4.25. The molecular formula is C19H22IN5O4S2. The molecule has 0 radical (unpaired) electrons. The van der Waals surface area contributed by atoms with Crippen molar-refractivity contribution in [1.82, 2.24) is 19.7 Å². The summed E-state index contributed by atoms with van der Waals surface area (Å²) in [6, 6.07) is 7.24. The summed E-state index contributed by atoms with van der Waals surface area (Å²) in [5.74, 6) is 2.11. The first-order valence-electron chi connectivity index (χ1n) is 9.11. The van der Waals surface area contributed by atoms with Crippen molar-refractivity contribution in [1.29, 1.82) is 0 Å². The van der Waals surface area contributed by atoms with Crippen molar-refractivity contribution in [2.24, 2.45) is 0 Å². The van der Waals surface area contributed by atoms with E-state index in [1.54, 1.807) is 35.2 Å². The van der Waals surface area contributed by atoms with Gasteiger partial charge in [-0.25, -0.2) is 12.7 Å². The third kappa shape index (κ3) is 5.06. The summed E-state index contributed by atoms with van der Waals surface area (Å²) < 4.78 is 39.4. The quantitative estimate of drug-likeness (QED) is 0.358. The molecule has 9 nitrogen and oxygen atoms in total. The second-order valence-electron chi connectivity index (χ2n) is 6.57. The second-order valence-corrected chi connectivity index (χ2v) is 11.0. The van der Waals surface area contributed by atoms with E-state index >= 15 is 0 Å². The van der Waals surface area contributed by atoms with Gasteiger partial charge in [-0.15, -0.1) is 10.2 Å². The van der Waals surface area contributed by atoms with E-state index < -0.39 is 10.0 Å². The monoisotopic (exact) mass is 575 g/mol. The minimum atomic E-state index is -3.64. The second kappa shape index (κ2) is 10.0. The number of nitrogens with zero attached hydrogens (tertiary/aromatic N) is 5. The summed E-state index contributed by atoms with van der Waals surface area (Å²) in [5, 5.41) is 8.62. The molecule has 0 atom stereocenters.